The van der Waals surface area contributed by atoms with Gasteiger partial charge in [0.2, 0.25) is 6.54 Å². The van der Waals surface area contributed by atoms with Gasteiger partial charge in [-0.2, -0.15) is 0 Å². The molecule has 1 aliphatic heterocycles. The lowest BCUT2D eigenvalue weighted by molar-refractivity contribution is -0.483. The number of benzene rings is 2. The summed E-state index contributed by atoms with van der Waals surface area (Å²) in [5.41, 5.74) is 2.02. The van der Waals surface area contributed by atoms with Gasteiger partial charge in [-0.05, 0) is 11.1 Å². The standard InChI is InChI=1S/C20H21NO3S2/c22-19(13-17(15-21(23)24)16-7-3-1-4-8-16)14-20(25-11-12-26-20)18-9-5-2-6-10-18/h1-10,17H,11-15H2/t17-/m0/s1. The predicted octanol–water partition coefficient (Wildman–Crippen LogP) is 4.73. The molecule has 0 amide bonds. The maximum atomic E-state index is 12.9. The van der Waals surface area contributed by atoms with Gasteiger partial charge in [-0.3, -0.25) is 14.9 Å². The van der Waals surface area contributed by atoms with Gasteiger partial charge in [0.15, 0.2) is 0 Å². The molecule has 0 N–H and O–H groups in total. The first-order valence-corrected chi connectivity index (χ1v) is 10.6. The number of hydrogen-bond acceptors (Lipinski definition) is 5. The lowest BCUT2D eigenvalue weighted by atomic mass is 9.91. The third-order valence-electron chi connectivity index (χ3n) is 4.51. The van der Waals surface area contributed by atoms with E-state index in [9.17, 15) is 14.9 Å². The van der Waals surface area contributed by atoms with Crippen LogP contribution in [0.2, 0.25) is 0 Å². The van der Waals surface area contributed by atoms with E-state index in [1.165, 1.54) is 0 Å². The minimum atomic E-state index is -0.372. The number of rotatable bonds is 8. The number of nitrogens with zero attached hydrogens (tertiary/aromatic N) is 1. The van der Waals surface area contributed by atoms with Gasteiger partial charge in [0.1, 0.15) is 5.78 Å². The summed E-state index contributed by atoms with van der Waals surface area (Å²) in [6, 6.07) is 19.5. The summed E-state index contributed by atoms with van der Waals surface area (Å²) in [5.74, 6) is 1.75. The predicted molar refractivity (Wildman–Crippen MR) is 108 cm³/mol. The Labute approximate surface area is 161 Å². The molecule has 2 aromatic rings. The van der Waals surface area contributed by atoms with Crippen molar-refractivity contribution >= 4 is 29.3 Å². The van der Waals surface area contributed by atoms with Crippen molar-refractivity contribution < 1.29 is 9.72 Å². The zero-order valence-corrected chi connectivity index (χ0v) is 16.0. The largest absolute Gasteiger partial charge is 0.300 e. The lowest BCUT2D eigenvalue weighted by Crippen LogP contribution is -2.23. The molecule has 0 bridgehead atoms. The molecule has 2 aromatic carbocycles. The van der Waals surface area contributed by atoms with Gasteiger partial charge in [-0.15, -0.1) is 23.5 Å². The summed E-state index contributed by atoms with van der Waals surface area (Å²) in [6.07, 6.45) is 0.619. The number of thioether (sulfide) groups is 2. The molecular formula is C20H21NO3S2. The van der Waals surface area contributed by atoms with Crippen LogP contribution >= 0.6 is 23.5 Å². The molecule has 136 valence electrons. The fourth-order valence-electron chi connectivity index (χ4n) is 3.32. The van der Waals surface area contributed by atoms with E-state index in [0.29, 0.717) is 6.42 Å². The van der Waals surface area contributed by atoms with Crippen molar-refractivity contribution in [1.29, 1.82) is 0 Å². The van der Waals surface area contributed by atoms with Crippen molar-refractivity contribution in [1.82, 2.24) is 0 Å². The van der Waals surface area contributed by atoms with E-state index in [-0.39, 0.29) is 33.7 Å². The summed E-state index contributed by atoms with van der Waals surface area (Å²) in [4.78, 5) is 23.7. The van der Waals surface area contributed by atoms with E-state index in [4.69, 9.17) is 0 Å². The second-order valence-corrected chi connectivity index (χ2v) is 9.40. The van der Waals surface area contributed by atoms with Crippen molar-refractivity contribution in [3.8, 4) is 0 Å². The van der Waals surface area contributed by atoms with Crippen LogP contribution in [-0.4, -0.2) is 28.8 Å². The van der Waals surface area contributed by atoms with Gasteiger partial charge < -0.3 is 0 Å². The van der Waals surface area contributed by atoms with E-state index < -0.39 is 0 Å². The number of carbonyl (C=O) groups is 1. The third kappa shape index (κ3) is 4.68. The highest BCUT2D eigenvalue weighted by Crippen LogP contribution is 2.54. The van der Waals surface area contributed by atoms with Crippen LogP contribution in [0.25, 0.3) is 0 Å². The average Bonchev–Trinajstić information content (AvgIpc) is 3.12. The molecule has 6 heteroatoms. The van der Waals surface area contributed by atoms with Gasteiger partial charge in [0.25, 0.3) is 0 Å². The Morgan fingerprint density at radius 3 is 2.19 bits per heavy atom. The summed E-state index contributed by atoms with van der Waals surface area (Å²) in [7, 11) is 0. The Morgan fingerprint density at radius 1 is 1.04 bits per heavy atom. The summed E-state index contributed by atoms with van der Waals surface area (Å²) >= 11 is 3.63. The van der Waals surface area contributed by atoms with Crippen molar-refractivity contribution in [2.45, 2.75) is 22.8 Å². The fourth-order valence-corrected chi connectivity index (χ4v) is 6.61. The first-order valence-electron chi connectivity index (χ1n) is 8.61. The number of nitro groups is 1. The quantitative estimate of drug-likeness (QED) is 0.484. The van der Waals surface area contributed by atoms with Crippen molar-refractivity contribution in [2.75, 3.05) is 18.1 Å². The van der Waals surface area contributed by atoms with Crippen LogP contribution in [0.4, 0.5) is 0 Å². The molecule has 1 saturated heterocycles. The van der Waals surface area contributed by atoms with Gasteiger partial charge in [-0.25, -0.2) is 0 Å². The van der Waals surface area contributed by atoms with Gasteiger partial charge in [-0.1, -0.05) is 60.7 Å². The molecule has 0 aliphatic carbocycles. The van der Waals surface area contributed by atoms with Crippen LogP contribution in [0.1, 0.15) is 29.9 Å². The Hall–Kier alpha value is -1.79. The van der Waals surface area contributed by atoms with Crippen LogP contribution in [-0.2, 0) is 8.87 Å². The Balaban J connectivity index is 1.76. The second-order valence-electron chi connectivity index (χ2n) is 6.36. The molecule has 0 saturated carbocycles. The van der Waals surface area contributed by atoms with E-state index >= 15 is 0 Å². The summed E-state index contributed by atoms with van der Waals surface area (Å²) in [5, 5.41) is 11.1. The normalized spacial score (nSPS) is 16.9. The molecule has 3 rings (SSSR count). The van der Waals surface area contributed by atoms with Crippen LogP contribution < -0.4 is 0 Å². The maximum Gasteiger partial charge on any atom is 0.211 e. The van der Waals surface area contributed by atoms with E-state index in [1.807, 2.05) is 72.1 Å². The second kappa shape index (κ2) is 8.73. The van der Waals surface area contributed by atoms with Crippen LogP contribution in [0.3, 0.4) is 0 Å². The molecular weight excluding hydrogens is 366 g/mol. The molecule has 0 aromatic heterocycles. The van der Waals surface area contributed by atoms with Crippen molar-refractivity contribution in [3.05, 3.63) is 81.9 Å². The zero-order valence-electron chi connectivity index (χ0n) is 14.4. The van der Waals surface area contributed by atoms with E-state index in [0.717, 1.165) is 22.6 Å². The lowest BCUT2D eigenvalue weighted by Gasteiger charge is -2.27. The number of ketones is 1. The number of Topliss-reactive ketones (excluding diaryl/α,β-unsaturated/α-hetero) is 1. The molecule has 0 radical (unpaired) electrons. The number of hydrogen-bond donors (Lipinski definition) is 0. The molecule has 4 nitrogen and oxygen atoms in total. The molecule has 1 fully saturated rings. The highest BCUT2D eigenvalue weighted by molar-refractivity contribution is 8.20. The minimum absolute atomic E-state index is 0.0893. The van der Waals surface area contributed by atoms with E-state index in [1.54, 1.807) is 0 Å². The van der Waals surface area contributed by atoms with Crippen LogP contribution in [0.15, 0.2) is 60.7 Å². The van der Waals surface area contributed by atoms with Crippen molar-refractivity contribution in [2.24, 2.45) is 0 Å². The van der Waals surface area contributed by atoms with Crippen LogP contribution in [0.5, 0.6) is 0 Å². The highest BCUT2D eigenvalue weighted by Gasteiger charge is 2.39. The van der Waals surface area contributed by atoms with Gasteiger partial charge in [0, 0.05) is 29.3 Å². The average molecular weight is 388 g/mol. The molecule has 26 heavy (non-hydrogen) atoms. The van der Waals surface area contributed by atoms with Gasteiger partial charge >= 0.3 is 0 Å². The molecule has 0 spiro atoms. The molecule has 1 aliphatic rings. The van der Waals surface area contributed by atoms with Gasteiger partial charge in [0.05, 0.1) is 10.00 Å². The molecule has 1 atom stereocenters. The summed E-state index contributed by atoms with van der Waals surface area (Å²) < 4.78 is -0.256. The minimum Gasteiger partial charge on any atom is -0.300 e. The SMILES string of the molecule is O=C(C[C@@H](C[N+](=O)[O-])c1ccccc1)CC1(c2ccccc2)SCCS1. The summed E-state index contributed by atoms with van der Waals surface area (Å²) in [6.45, 7) is -0.214. The Kier molecular flexibility index (Phi) is 6.38. The van der Waals surface area contributed by atoms with Crippen molar-refractivity contribution in [3.63, 3.8) is 0 Å². The topological polar surface area (TPSA) is 60.2 Å². The maximum absolute atomic E-state index is 12.9. The first-order chi connectivity index (χ1) is 12.6. The Bertz CT molecular complexity index is 746. The van der Waals surface area contributed by atoms with Crippen LogP contribution in [0, 0.1) is 10.1 Å². The highest BCUT2D eigenvalue weighted by atomic mass is 32.2. The first kappa shape index (κ1) is 19.0. The molecule has 1 heterocycles. The number of carbonyl (C=O) groups excluding carboxylic acids is 1. The van der Waals surface area contributed by atoms with E-state index in [2.05, 4.69) is 12.1 Å². The third-order valence-corrected chi connectivity index (χ3v) is 7.99. The fraction of sp³-hybridized carbons (Fsp3) is 0.350. The zero-order chi connectivity index (χ0) is 18.4. The molecule has 0 unspecified atom stereocenters. The smallest absolute Gasteiger partial charge is 0.211 e. The Morgan fingerprint density at radius 2 is 1.62 bits per heavy atom. The monoisotopic (exact) mass is 387 g/mol.